The lowest BCUT2D eigenvalue weighted by molar-refractivity contribution is 0.129. The maximum absolute atomic E-state index is 14.0. The topological polar surface area (TPSA) is 76.0 Å². The van der Waals surface area contributed by atoms with E-state index >= 15 is 0 Å². The Morgan fingerprint density at radius 3 is 1.93 bits per heavy atom. The van der Waals surface area contributed by atoms with Gasteiger partial charge in [-0.15, -0.1) is 0 Å². The van der Waals surface area contributed by atoms with Crippen LogP contribution in [0.5, 0.6) is 0 Å². The highest BCUT2D eigenvalue weighted by molar-refractivity contribution is 9.09. The number of para-hydroxylation sites is 1. The van der Waals surface area contributed by atoms with Crippen molar-refractivity contribution in [3.05, 3.63) is 54.6 Å². The molecule has 0 spiro atoms. The van der Waals surface area contributed by atoms with Crippen LogP contribution in [0.1, 0.15) is 109 Å². The molecule has 3 N–H and O–H groups in total. The molecule has 0 saturated carbocycles. The number of amides is 2. The van der Waals surface area contributed by atoms with E-state index in [1.54, 1.807) is 0 Å². The molecule has 0 aliphatic carbocycles. The Kier molecular flexibility index (Phi) is 18.0. The molecule has 1 saturated heterocycles. The zero-order valence-electron chi connectivity index (χ0n) is 26.3. The summed E-state index contributed by atoms with van der Waals surface area (Å²) in [5.74, 6) is 0.749. The second-order valence-corrected chi connectivity index (χ2v) is 13.2. The number of hydrazine groups is 1. The Labute approximate surface area is 269 Å². The van der Waals surface area contributed by atoms with Gasteiger partial charge in [-0.3, -0.25) is 10.3 Å². The molecule has 2 aromatic rings. The van der Waals surface area contributed by atoms with E-state index in [0.29, 0.717) is 6.61 Å². The number of hydrogen-bond acceptors (Lipinski definition) is 4. The maximum atomic E-state index is 14.0. The molecule has 0 bridgehead atoms. The molecule has 1 heterocycles. The van der Waals surface area contributed by atoms with Gasteiger partial charge < -0.3 is 10.2 Å². The summed E-state index contributed by atoms with van der Waals surface area (Å²) >= 11 is 3.92. The first-order valence-electron chi connectivity index (χ1n) is 17.0. The molecule has 2 aromatic carbocycles. The number of benzene rings is 2. The zero-order valence-corrected chi connectivity index (χ0v) is 27.9. The van der Waals surface area contributed by atoms with Crippen molar-refractivity contribution in [2.45, 2.75) is 114 Å². The number of urea groups is 1. The second kappa shape index (κ2) is 21.7. The largest absolute Gasteiger partial charge is 0.396 e. The molecule has 43 heavy (non-hydrogen) atoms. The van der Waals surface area contributed by atoms with Gasteiger partial charge in [0.25, 0.3) is 0 Å². The van der Waals surface area contributed by atoms with Gasteiger partial charge in [0, 0.05) is 31.9 Å². The molecule has 0 radical (unpaired) electrons. The minimum Gasteiger partial charge on any atom is -0.396 e. The number of unbranched alkanes of at least 4 members (excludes halogenated alkanes) is 11. The molecular formula is C36H56BrN3O3. The predicted molar refractivity (Wildman–Crippen MR) is 183 cm³/mol. The quantitative estimate of drug-likeness (QED) is 0.0711. The molecule has 1 fully saturated rings. The Balaban J connectivity index is 1.55. The minimum absolute atomic E-state index is 0.0761. The fourth-order valence-electron chi connectivity index (χ4n) is 6.15. The SMILES string of the molecule is O=C(NN1CCC(CCCCCCCCCO)CC1)N(c1ccccc1-c1ccccc1)C(Br)CCCCCCCCO. The van der Waals surface area contributed by atoms with Crippen LogP contribution in [0.2, 0.25) is 0 Å². The van der Waals surface area contributed by atoms with Crippen molar-refractivity contribution in [3.8, 4) is 11.1 Å². The molecule has 6 nitrogen and oxygen atoms in total. The molecule has 240 valence electrons. The Morgan fingerprint density at radius 2 is 1.30 bits per heavy atom. The standard InChI is InChI=1S/C36H56BrN3O3/c37-35(24-14-7-3-5-9-18-30-42)40(34-23-16-15-22-33(34)32-20-12-10-13-21-32)36(43)38-39-27-25-31(26-28-39)19-11-6-2-1-4-8-17-29-41/h10,12-13,15-16,20-23,31,35,41-42H,1-9,11,14,17-19,24-30H2,(H,38,43). The van der Waals surface area contributed by atoms with Gasteiger partial charge in [-0.05, 0) is 49.7 Å². The molecule has 0 aromatic heterocycles. The summed E-state index contributed by atoms with van der Waals surface area (Å²) in [6, 6.07) is 18.5. The van der Waals surface area contributed by atoms with Crippen LogP contribution in [-0.4, -0.2) is 52.5 Å². The second-order valence-electron chi connectivity index (χ2n) is 12.2. The number of hydrogen-bond donors (Lipinski definition) is 3. The van der Waals surface area contributed by atoms with Gasteiger partial charge in [-0.2, -0.15) is 0 Å². The molecule has 1 aliphatic rings. The van der Waals surface area contributed by atoms with Crippen molar-refractivity contribution in [2.24, 2.45) is 5.92 Å². The van der Waals surface area contributed by atoms with Crippen LogP contribution >= 0.6 is 15.9 Å². The molecular weight excluding hydrogens is 602 g/mol. The fraction of sp³-hybridized carbons (Fsp3) is 0.639. The third kappa shape index (κ3) is 13.3. The normalized spacial score (nSPS) is 15.0. The number of carbonyl (C=O) groups excluding carboxylic acids is 1. The zero-order chi connectivity index (χ0) is 30.5. The summed E-state index contributed by atoms with van der Waals surface area (Å²) in [6.07, 6.45) is 19.4. The summed E-state index contributed by atoms with van der Waals surface area (Å²) in [5, 5.41) is 20.1. The van der Waals surface area contributed by atoms with Crippen LogP contribution in [-0.2, 0) is 0 Å². The van der Waals surface area contributed by atoms with Gasteiger partial charge in [0.1, 0.15) is 0 Å². The van der Waals surface area contributed by atoms with Crippen molar-refractivity contribution in [2.75, 3.05) is 31.2 Å². The highest BCUT2D eigenvalue weighted by Gasteiger charge is 2.28. The number of nitrogens with zero attached hydrogens (tertiary/aromatic N) is 2. The average Bonchev–Trinajstić information content (AvgIpc) is 3.03. The monoisotopic (exact) mass is 657 g/mol. The van der Waals surface area contributed by atoms with Gasteiger partial charge in [0.15, 0.2) is 0 Å². The number of aliphatic hydroxyl groups excluding tert-OH is 2. The Hall–Kier alpha value is -1.93. The van der Waals surface area contributed by atoms with E-state index in [9.17, 15) is 4.79 Å². The molecule has 1 unspecified atom stereocenters. The van der Waals surface area contributed by atoms with E-state index < -0.39 is 0 Å². The van der Waals surface area contributed by atoms with E-state index in [1.807, 2.05) is 35.2 Å². The third-order valence-electron chi connectivity index (χ3n) is 8.74. The van der Waals surface area contributed by atoms with Crippen molar-refractivity contribution in [1.82, 2.24) is 10.4 Å². The average molecular weight is 659 g/mol. The number of anilines is 1. The Bertz CT molecular complexity index is 1000. The molecule has 2 amide bonds. The number of piperidine rings is 1. The van der Waals surface area contributed by atoms with Crippen LogP contribution < -0.4 is 10.3 Å². The van der Waals surface area contributed by atoms with Crippen LogP contribution in [0.4, 0.5) is 10.5 Å². The summed E-state index contributed by atoms with van der Waals surface area (Å²) in [4.78, 5) is 15.8. The van der Waals surface area contributed by atoms with Gasteiger partial charge in [-0.25, -0.2) is 9.80 Å². The number of alkyl halides is 1. The van der Waals surface area contributed by atoms with Gasteiger partial charge in [0.05, 0.1) is 10.6 Å². The smallest absolute Gasteiger partial charge is 0.337 e. The van der Waals surface area contributed by atoms with Gasteiger partial charge >= 0.3 is 6.03 Å². The van der Waals surface area contributed by atoms with E-state index in [2.05, 4.69) is 50.6 Å². The van der Waals surface area contributed by atoms with Gasteiger partial charge in [0.2, 0.25) is 0 Å². The van der Waals surface area contributed by atoms with Crippen LogP contribution in [0.3, 0.4) is 0 Å². The van der Waals surface area contributed by atoms with E-state index in [1.165, 1.54) is 38.5 Å². The van der Waals surface area contributed by atoms with Crippen LogP contribution in [0.25, 0.3) is 11.1 Å². The lowest BCUT2D eigenvalue weighted by atomic mass is 9.91. The van der Waals surface area contributed by atoms with Crippen molar-refractivity contribution in [3.63, 3.8) is 0 Å². The Morgan fingerprint density at radius 1 is 0.767 bits per heavy atom. The van der Waals surface area contributed by atoms with E-state index in [-0.39, 0.29) is 17.6 Å². The van der Waals surface area contributed by atoms with Gasteiger partial charge in [-0.1, -0.05) is 142 Å². The molecule has 3 rings (SSSR count). The number of rotatable bonds is 21. The van der Waals surface area contributed by atoms with Crippen molar-refractivity contribution < 1.29 is 15.0 Å². The first kappa shape index (κ1) is 35.5. The van der Waals surface area contributed by atoms with Crippen LogP contribution in [0, 0.1) is 5.92 Å². The maximum Gasteiger partial charge on any atom is 0.337 e. The third-order valence-corrected chi connectivity index (χ3v) is 9.60. The molecule has 7 heteroatoms. The summed E-state index contributed by atoms with van der Waals surface area (Å²) in [7, 11) is 0. The lowest BCUT2D eigenvalue weighted by Crippen LogP contribution is -2.53. The number of nitrogens with one attached hydrogen (secondary N) is 1. The minimum atomic E-state index is -0.115. The summed E-state index contributed by atoms with van der Waals surface area (Å²) in [6.45, 7) is 2.39. The van der Waals surface area contributed by atoms with E-state index in [0.717, 1.165) is 106 Å². The first-order valence-corrected chi connectivity index (χ1v) is 17.9. The summed E-state index contributed by atoms with van der Waals surface area (Å²) < 4.78 is 0. The highest BCUT2D eigenvalue weighted by Crippen LogP contribution is 2.34. The number of carbonyl (C=O) groups is 1. The predicted octanol–water partition coefficient (Wildman–Crippen LogP) is 9.05. The number of halogens is 1. The van der Waals surface area contributed by atoms with E-state index in [4.69, 9.17) is 10.2 Å². The lowest BCUT2D eigenvalue weighted by Gasteiger charge is -2.36. The number of aliphatic hydroxyl groups is 2. The fourth-order valence-corrected chi connectivity index (χ4v) is 6.88. The van der Waals surface area contributed by atoms with Crippen LogP contribution in [0.15, 0.2) is 54.6 Å². The highest BCUT2D eigenvalue weighted by atomic mass is 79.9. The van der Waals surface area contributed by atoms with Crippen molar-refractivity contribution >= 4 is 27.6 Å². The van der Waals surface area contributed by atoms with Crippen molar-refractivity contribution in [1.29, 1.82) is 0 Å². The molecule has 1 atom stereocenters. The first-order chi connectivity index (χ1) is 21.1. The molecule has 1 aliphatic heterocycles. The summed E-state index contributed by atoms with van der Waals surface area (Å²) in [5.41, 5.74) is 6.35.